The Balaban J connectivity index is 0. The lowest BCUT2D eigenvalue weighted by molar-refractivity contribution is -0.179. The molecule has 1 unspecified atom stereocenters. The van der Waals surface area contributed by atoms with Crippen molar-refractivity contribution in [1.29, 1.82) is 0 Å². The molecule has 0 radical (unpaired) electrons. The molecule has 0 aliphatic heterocycles. The normalized spacial score (nSPS) is 13.9. The monoisotopic (exact) mass is 213 g/mol. The van der Waals surface area contributed by atoms with E-state index in [2.05, 4.69) is 13.8 Å². The molecule has 0 fully saturated rings. The first kappa shape index (κ1) is 16.2. The van der Waals surface area contributed by atoms with Gasteiger partial charge in [-0.05, 0) is 27.8 Å². The Morgan fingerprint density at radius 3 is 1.43 bits per heavy atom. The van der Waals surface area contributed by atoms with E-state index in [-0.39, 0.29) is 6.04 Å². The van der Waals surface area contributed by atoms with Crippen LogP contribution in [0.1, 0.15) is 41.0 Å². The summed E-state index contributed by atoms with van der Waals surface area (Å²) < 4.78 is 36.1. The first-order valence-electron chi connectivity index (χ1n) is 4.97. The number of hydrogen-bond donors (Lipinski definition) is 0. The van der Waals surface area contributed by atoms with Gasteiger partial charge in [0.2, 0.25) is 0 Å². The molecule has 0 aromatic heterocycles. The molecular weight excluding hydrogens is 191 g/mol. The third-order valence-corrected chi connectivity index (χ3v) is 1.90. The maximum absolute atomic E-state index is 12.0. The molecule has 0 aromatic rings. The Bertz CT molecular complexity index is 132. The zero-order valence-electron chi connectivity index (χ0n) is 9.94. The molecule has 0 bridgehead atoms. The molecule has 0 saturated carbocycles. The topological polar surface area (TPSA) is 3.24 Å². The molecule has 14 heavy (non-hydrogen) atoms. The van der Waals surface area contributed by atoms with Crippen molar-refractivity contribution in [1.82, 2.24) is 4.90 Å². The smallest absolute Gasteiger partial charge is 0.293 e. The number of alkyl halides is 3. The molecule has 0 aliphatic carbocycles. The van der Waals surface area contributed by atoms with Crippen LogP contribution in [0.25, 0.3) is 0 Å². The largest absolute Gasteiger partial charge is 0.403 e. The molecule has 0 spiro atoms. The lowest BCUT2D eigenvalue weighted by atomic mass is 10.2. The summed E-state index contributed by atoms with van der Waals surface area (Å²) >= 11 is 0. The highest BCUT2D eigenvalue weighted by atomic mass is 19.4. The standard InChI is InChI=1S/C7H14F3N.C3H8/c1-5(2)11(4)6(3)7(8,9)10;1-3-2/h5-6H,1-4H3;3H2,1-2H3. The molecule has 0 saturated heterocycles. The lowest BCUT2D eigenvalue weighted by Gasteiger charge is -2.29. The van der Waals surface area contributed by atoms with Crippen LogP contribution in [0.2, 0.25) is 0 Å². The highest BCUT2D eigenvalue weighted by molar-refractivity contribution is 4.73. The Morgan fingerprint density at radius 1 is 1.07 bits per heavy atom. The summed E-state index contributed by atoms with van der Waals surface area (Å²) in [6.07, 6.45) is -2.86. The molecule has 0 rings (SSSR count). The highest BCUT2D eigenvalue weighted by Crippen LogP contribution is 2.24. The van der Waals surface area contributed by atoms with Gasteiger partial charge in [0.25, 0.3) is 0 Å². The summed E-state index contributed by atoms with van der Waals surface area (Å²) in [7, 11) is 1.48. The third kappa shape index (κ3) is 7.18. The highest BCUT2D eigenvalue weighted by Gasteiger charge is 2.39. The minimum atomic E-state index is -4.11. The quantitative estimate of drug-likeness (QED) is 0.676. The van der Waals surface area contributed by atoms with Gasteiger partial charge in [-0.25, -0.2) is 0 Å². The first-order valence-corrected chi connectivity index (χ1v) is 4.97. The molecule has 0 amide bonds. The average molecular weight is 213 g/mol. The second kappa shape index (κ2) is 7.10. The number of nitrogens with zero attached hydrogens (tertiary/aromatic N) is 1. The molecular formula is C10H22F3N. The second-order valence-electron chi connectivity index (χ2n) is 3.68. The fraction of sp³-hybridized carbons (Fsp3) is 1.00. The van der Waals surface area contributed by atoms with Crippen LogP contribution < -0.4 is 0 Å². The number of hydrogen-bond acceptors (Lipinski definition) is 1. The van der Waals surface area contributed by atoms with E-state index in [4.69, 9.17) is 0 Å². The van der Waals surface area contributed by atoms with E-state index in [1.807, 2.05) is 0 Å². The summed E-state index contributed by atoms with van der Waals surface area (Å²) in [5, 5.41) is 0. The Hall–Kier alpha value is -0.250. The van der Waals surface area contributed by atoms with Crippen LogP contribution in [0.5, 0.6) is 0 Å². The predicted molar refractivity (Wildman–Crippen MR) is 54.4 cm³/mol. The second-order valence-corrected chi connectivity index (χ2v) is 3.68. The van der Waals surface area contributed by atoms with E-state index in [9.17, 15) is 13.2 Å². The van der Waals surface area contributed by atoms with Gasteiger partial charge < -0.3 is 0 Å². The van der Waals surface area contributed by atoms with Gasteiger partial charge in [-0.1, -0.05) is 20.3 Å². The van der Waals surface area contributed by atoms with Crippen LogP contribution in [0.4, 0.5) is 13.2 Å². The van der Waals surface area contributed by atoms with Crippen molar-refractivity contribution in [2.24, 2.45) is 0 Å². The molecule has 0 aliphatic rings. The van der Waals surface area contributed by atoms with Gasteiger partial charge in [0, 0.05) is 6.04 Å². The minimum Gasteiger partial charge on any atom is -0.293 e. The summed E-state index contributed by atoms with van der Waals surface area (Å²) in [4.78, 5) is 1.29. The van der Waals surface area contributed by atoms with Crippen molar-refractivity contribution in [3.05, 3.63) is 0 Å². The van der Waals surface area contributed by atoms with Crippen molar-refractivity contribution in [3.8, 4) is 0 Å². The van der Waals surface area contributed by atoms with Crippen LogP contribution in [0.3, 0.4) is 0 Å². The van der Waals surface area contributed by atoms with Crippen LogP contribution in [-0.2, 0) is 0 Å². The summed E-state index contributed by atoms with van der Waals surface area (Å²) in [5.41, 5.74) is 0. The molecule has 0 aromatic carbocycles. The van der Waals surface area contributed by atoms with Crippen molar-refractivity contribution < 1.29 is 13.2 Å². The maximum atomic E-state index is 12.0. The molecule has 88 valence electrons. The van der Waals surface area contributed by atoms with Crippen molar-refractivity contribution in [2.75, 3.05) is 7.05 Å². The van der Waals surface area contributed by atoms with Crippen molar-refractivity contribution in [2.45, 2.75) is 59.3 Å². The van der Waals surface area contributed by atoms with Crippen LogP contribution in [-0.4, -0.2) is 30.2 Å². The lowest BCUT2D eigenvalue weighted by Crippen LogP contribution is -2.44. The van der Waals surface area contributed by atoms with Gasteiger partial charge in [0.05, 0.1) is 0 Å². The number of rotatable bonds is 2. The Kier molecular flexibility index (Phi) is 8.21. The Labute approximate surface area is 85.3 Å². The van der Waals surface area contributed by atoms with E-state index < -0.39 is 12.2 Å². The summed E-state index contributed by atoms with van der Waals surface area (Å²) in [6, 6.07) is -1.44. The predicted octanol–water partition coefficient (Wildman–Crippen LogP) is 3.69. The van der Waals surface area contributed by atoms with E-state index >= 15 is 0 Å². The van der Waals surface area contributed by atoms with Gasteiger partial charge in [-0.15, -0.1) is 0 Å². The third-order valence-electron chi connectivity index (χ3n) is 1.90. The molecule has 0 N–H and O–H groups in total. The van der Waals surface area contributed by atoms with E-state index in [0.29, 0.717) is 0 Å². The molecule has 1 atom stereocenters. The molecule has 4 heteroatoms. The van der Waals surface area contributed by atoms with Gasteiger partial charge in [0.1, 0.15) is 6.04 Å². The first-order chi connectivity index (χ1) is 6.18. The minimum absolute atomic E-state index is 0.0772. The fourth-order valence-electron chi connectivity index (χ4n) is 0.678. The molecule has 0 heterocycles. The average Bonchev–Trinajstić information content (AvgIpc) is 2.01. The SMILES string of the molecule is CC(C)N(C)C(C)C(F)(F)F.CCC. The van der Waals surface area contributed by atoms with Gasteiger partial charge in [-0.2, -0.15) is 13.2 Å². The van der Waals surface area contributed by atoms with E-state index in [1.165, 1.54) is 25.3 Å². The number of halogens is 3. The zero-order valence-corrected chi connectivity index (χ0v) is 9.94. The van der Waals surface area contributed by atoms with E-state index in [1.54, 1.807) is 13.8 Å². The summed E-state index contributed by atoms with van der Waals surface area (Å²) in [5.74, 6) is 0. The zero-order chi connectivity index (χ0) is 11.9. The van der Waals surface area contributed by atoms with Crippen LogP contribution >= 0.6 is 0 Å². The summed E-state index contributed by atoms with van der Waals surface area (Å²) in [6.45, 7) is 8.89. The van der Waals surface area contributed by atoms with Crippen molar-refractivity contribution >= 4 is 0 Å². The molecule has 1 nitrogen and oxygen atoms in total. The van der Waals surface area contributed by atoms with Crippen molar-refractivity contribution in [3.63, 3.8) is 0 Å². The fourth-order valence-corrected chi connectivity index (χ4v) is 0.678. The van der Waals surface area contributed by atoms with Gasteiger partial charge >= 0.3 is 6.18 Å². The van der Waals surface area contributed by atoms with Gasteiger partial charge in [-0.3, -0.25) is 4.90 Å². The maximum Gasteiger partial charge on any atom is 0.403 e. The Morgan fingerprint density at radius 2 is 1.36 bits per heavy atom. The van der Waals surface area contributed by atoms with Gasteiger partial charge in [0.15, 0.2) is 0 Å². The van der Waals surface area contributed by atoms with Crippen LogP contribution in [0.15, 0.2) is 0 Å². The van der Waals surface area contributed by atoms with Crippen LogP contribution in [0, 0.1) is 0 Å². The van der Waals surface area contributed by atoms with E-state index in [0.717, 1.165) is 0 Å².